The Morgan fingerprint density at radius 3 is 2.32 bits per heavy atom. The van der Waals surface area contributed by atoms with E-state index in [0.717, 1.165) is 25.7 Å². The molecule has 1 aliphatic rings. The average molecular weight is 348 g/mol. The van der Waals surface area contributed by atoms with Crippen molar-refractivity contribution in [3.63, 3.8) is 0 Å². The molecule has 0 radical (unpaired) electrons. The minimum Gasteiger partial charge on any atom is -0.451 e. The van der Waals surface area contributed by atoms with Crippen molar-refractivity contribution in [1.82, 2.24) is 9.88 Å². The van der Waals surface area contributed by atoms with Gasteiger partial charge in [-0.3, -0.25) is 9.59 Å². The number of amides is 1. The summed E-state index contributed by atoms with van der Waals surface area (Å²) in [5, 5.41) is 0. The Morgan fingerprint density at radius 1 is 1.16 bits per heavy atom. The van der Waals surface area contributed by atoms with Crippen molar-refractivity contribution in [2.24, 2.45) is 0 Å². The summed E-state index contributed by atoms with van der Waals surface area (Å²) in [6.45, 7) is 7.22. The summed E-state index contributed by atoms with van der Waals surface area (Å²) in [5.74, 6) is -0.854. The molecule has 0 spiro atoms. The topological polar surface area (TPSA) is 79.5 Å². The van der Waals surface area contributed by atoms with Crippen LogP contribution in [-0.2, 0) is 9.53 Å². The zero-order valence-corrected chi connectivity index (χ0v) is 15.6. The van der Waals surface area contributed by atoms with Crippen LogP contribution in [0.2, 0.25) is 0 Å². The van der Waals surface area contributed by atoms with E-state index in [1.165, 1.54) is 13.3 Å². The summed E-state index contributed by atoms with van der Waals surface area (Å²) in [6.07, 6.45) is 5.54. The van der Waals surface area contributed by atoms with Crippen LogP contribution in [-0.4, -0.2) is 46.7 Å². The predicted octanol–water partition coefficient (Wildman–Crippen LogP) is 3.17. The first-order chi connectivity index (χ1) is 11.9. The number of aryl methyl sites for hydroxylation is 1. The average Bonchev–Trinajstić information content (AvgIpc) is 2.89. The van der Waals surface area contributed by atoms with Crippen molar-refractivity contribution in [1.29, 1.82) is 0 Å². The van der Waals surface area contributed by atoms with Gasteiger partial charge in [-0.25, -0.2) is 4.79 Å². The Morgan fingerprint density at radius 2 is 1.80 bits per heavy atom. The number of rotatable bonds is 6. The minimum absolute atomic E-state index is 0.101. The van der Waals surface area contributed by atoms with Crippen molar-refractivity contribution in [2.75, 3.05) is 13.2 Å². The summed E-state index contributed by atoms with van der Waals surface area (Å²) in [4.78, 5) is 41.2. The number of Topliss-reactive ketones (excluding diaryl/α,β-unsaturated/α-hetero) is 1. The summed E-state index contributed by atoms with van der Waals surface area (Å²) >= 11 is 0. The van der Waals surface area contributed by atoms with Gasteiger partial charge < -0.3 is 14.6 Å². The van der Waals surface area contributed by atoms with Gasteiger partial charge in [-0.15, -0.1) is 0 Å². The number of nitrogens with one attached hydrogen (secondary N) is 1. The number of esters is 1. The summed E-state index contributed by atoms with van der Waals surface area (Å²) in [5.41, 5.74) is 1.97. The lowest BCUT2D eigenvalue weighted by atomic mass is 9.94. The van der Waals surface area contributed by atoms with Crippen LogP contribution in [0.15, 0.2) is 0 Å². The number of hydrogen-bond donors (Lipinski definition) is 1. The molecule has 25 heavy (non-hydrogen) atoms. The summed E-state index contributed by atoms with van der Waals surface area (Å²) in [6, 6.07) is 0.253. The number of carbonyl (C=O) groups excluding carboxylic acids is 3. The Kier molecular flexibility index (Phi) is 6.39. The molecule has 0 aliphatic heterocycles. The van der Waals surface area contributed by atoms with Crippen molar-refractivity contribution in [3.8, 4) is 0 Å². The Bertz CT molecular complexity index is 657. The molecule has 6 nitrogen and oxygen atoms in total. The fraction of sp³-hybridized carbons (Fsp3) is 0.632. The fourth-order valence-electron chi connectivity index (χ4n) is 3.80. The number of H-pyrrole nitrogens is 1. The van der Waals surface area contributed by atoms with Gasteiger partial charge in [0.2, 0.25) is 0 Å². The number of likely N-dealkylation sites (N-methyl/N-ethyl adjacent to an activating group) is 1. The highest BCUT2D eigenvalue weighted by atomic mass is 16.5. The molecule has 1 aromatic rings. The zero-order chi connectivity index (χ0) is 18.6. The van der Waals surface area contributed by atoms with E-state index >= 15 is 0 Å². The first kappa shape index (κ1) is 19.2. The van der Waals surface area contributed by atoms with Crippen LogP contribution in [0.5, 0.6) is 0 Å². The first-order valence-electron chi connectivity index (χ1n) is 9.03. The first-order valence-corrected chi connectivity index (χ1v) is 9.03. The van der Waals surface area contributed by atoms with Crippen molar-refractivity contribution >= 4 is 17.7 Å². The number of nitrogens with zero attached hydrogens (tertiary/aromatic N) is 1. The second-order valence-corrected chi connectivity index (χ2v) is 6.73. The standard InChI is InChI=1S/C19H28N2O4/c1-5-21(15-9-7-6-8-10-15)16(23)11-25-19(24)18-12(2)17(14(4)22)13(3)20-18/h15,20H,5-11H2,1-4H3. The van der Waals surface area contributed by atoms with E-state index < -0.39 is 5.97 Å². The van der Waals surface area contributed by atoms with Crippen LogP contribution in [0.1, 0.15) is 78.1 Å². The molecule has 6 heteroatoms. The molecular formula is C19H28N2O4. The zero-order valence-electron chi connectivity index (χ0n) is 15.6. The Labute approximate surface area is 148 Å². The molecule has 2 rings (SSSR count). The van der Waals surface area contributed by atoms with Gasteiger partial charge in [0.1, 0.15) is 5.69 Å². The molecule has 1 saturated carbocycles. The van der Waals surface area contributed by atoms with Crippen LogP contribution in [0.4, 0.5) is 0 Å². The molecule has 1 amide bonds. The van der Waals surface area contributed by atoms with E-state index in [1.54, 1.807) is 13.8 Å². The van der Waals surface area contributed by atoms with E-state index in [-0.39, 0.29) is 30.0 Å². The quantitative estimate of drug-likeness (QED) is 0.632. The second kappa shape index (κ2) is 8.32. The molecule has 138 valence electrons. The van der Waals surface area contributed by atoms with Gasteiger partial charge in [0.25, 0.3) is 5.91 Å². The van der Waals surface area contributed by atoms with Crippen molar-refractivity contribution in [2.45, 2.75) is 65.8 Å². The monoisotopic (exact) mass is 348 g/mol. The maximum absolute atomic E-state index is 12.5. The number of ether oxygens (including phenoxy) is 1. The fourth-order valence-corrected chi connectivity index (χ4v) is 3.80. The van der Waals surface area contributed by atoms with Gasteiger partial charge in [0.15, 0.2) is 12.4 Å². The van der Waals surface area contributed by atoms with Crippen LogP contribution < -0.4 is 0 Å². The highest BCUT2D eigenvalue weighted by Crippen LogP contribution is 2.23. The lowest BCUT2D eigenvalue weighted by Crippen LogP contribution is -2.43. The maximum atomic E-state index is 12.5. The molecule has 1 heterocycles. The lowest BCUT2D eigenvalue weighted by molar-refractivity contribution is -0.137. The van der Waals surface area contributed by atoms with Crippen LogP contribution in [0.25, 0.3) is 0 Å². The predicted molar refractivity (Wildman–Crippen MR) is 94.8 cm³/mol. The second-order valence-electron chi connectivity index (χ2n) is 6.73. The van der Waals surface area contributed by atoms with E-state index in [4.69, 9.17) is 4.74 Å². The van der Waals surface area contributed by atoms with Gasteiger partial charge in [-0.2, -0.15) is 0 Å². The van der Waals surface area contributed by atoms with Gasteiger partial charge >= 0.3 is 5.97 Å². The van der Waals surface area contributed by atoms with Gasteiger partial charge in [-0.1, -0.05) is 19.3 Å². The number of aromatic nitrogens is 1. The van der Waals surface area contributed by atoms with Crippen molar-refractivity contribution < 1.29 is 19.1 Å². The van der Waals surface area contributed by atoms with Crippen LogP contribution in [0, 0.1) is 13.8 Å². The molecule has 0 bridgehead atoms. The molecule has 0 atom stereocenters. The summed E-state index contributed by atoms with van der Waals surface area (Å²) in [7, 11) is 0. The molecular weight excluding hydrogens is 320 g/mol. The molecule has 1 N–H and O–H groups in total. The Balaban J connectivity index is 2.00. The van der Waals surface area contributed by atoms with E-state index in [1.807, 2.05) is 11.8 Å². The number of hydrogen-bond acceptors (Lipinski definition) is 4. The third-order valence-electron chi connectivity index (χ3n) is 5.00. The minimum atomic E-state index is -0.596. The normalized spacial score (nSPS) is 15.0. The Hall–Kier alpha value is -2.11. The highest BCUT2D eigenvalue weighted by Gasteiger charge is 2.26. The lowest BCUT2D eigenvalue weighted by Gasteiger charge is -2.33. The molecule has 0 unspecified atom stereocenters. The van der Waals surface area contributed by atoms with E-state index in [0.29, 0.717) is 23.4 Å². The van der Waals surface area contributed by atoms with Crippen LogP contribution in [0.3, 0.4) is 0 Å². The van der Waals surface area contributed by atoms with Crippen LogP contribution >= 0.6 is 0 Å². The summed E-state index contributed by atoms with van der Waals surface area (Å²) < 4.78 is 5.22. The largest absolute Gasteiger partial charge is 0.451 e. The number of ketones is 1. The van der Waals surface area contributed by atoms with Gasteiger partial charge in [-0.05, 0) is 46.1 Å². The molecule has 0 saturated heterocycles. The smallest absolute Gasteiger partial charge is 0.355 e. The maximum Gasteiger partial charge on any atom is 0.355 e. The number of carbonyl (C=O) groups is 3. The third kappa shape index (κ3) is 4.30. The van der Waals surface area contributed by atoms with E-state index in [2.05, 4.69) is 4.98 Å². The SMILES string of the molecule is CCN(C(=O)COC(=O)c1[nH]c(C)c(C(C)=O)c1C)C1CCCCC1. The molecule has 1 aromatic heterocycles. The number of aromatic amines is 1. The highest BCUT2D eigenvalue weighted by molar-refractivity contribution is 6.01. The van der Waals surface area contributed by atoms with E-state index in [9.17, 15) is 14.4 Å². The molecule has 0 aromatic carbocycles. The molecule has 1 fully saturated rings. The third-order valence-corrected chi connectivity index (χ3v) is 5.00. The van der Waals surface area contributed by atoms with Gasteiger partial charge in [0, 0.05) is 23.8 Å². The van der Waals surface area contributed by atoms with Crippen molar-refractivity contribution in [3.05, 3.63) is 22.5 Å². The molecule has 1 aliphatic carbocycles. The van der Waals surface area contributed by atoms with Gasteiger partial charge in [0.05, 0.1) is 0 Å².